The number of fused-ring (bicyclic) bond motifs is 2. The Kier molecular flexibility index (Phi) is 4.45. The van der Waals surface area contributed by atoms with Crippen LogP contribution in [0.3, 0.4) is 0 Å². The van der Waals surface area contributed by atoms with Crippen LogP contribution in [0.4, 0.5) is 0 Å². The van der Waals surface area contributed by atoms with E-state index < -0.39 is 5.69 Å². The van der Waals surface area contributed by atoms with E-state index in [1.807, 2.05) is 20.8 Å². The molecule has 0 aliphatic rings. The van der Waals surface area contributed by atoms with Crippen LogP contribution in [0.5, 0.6) is 0 Å². The fraction of sp³-hybridized carbons (Fsp3) is 0.273. The Morgan fingerprint density at radius 2 is 1.66 bits per heavy atom. The van der Waals surface area contributed by atoms with Gasteiger partial charge in [-0.3, -0.25) is 23.1 Å². The first-order valence-electron chi connectivity index (χ1n) is 9.44. The van der Waals surface area contributed by atoms with Crippen molar-refractivity contribution in [3.05, 3.63) is 91.6 Å². The molecule has 0 saturated carbocycles. The third-order valence-electron chi connectivity index (χ3n) is 4.71. The third kappa shape index (κ3) is 3.51. The third-order valence-corrected chi connectivity index (χ3v) is 4.71. The fourth-order valence-corrected chi connectivity index (χ4v) is 3.48. The summed E-state index contributed by atoms with van der Waals surface area (Å²) in [5.41, 5.74) is 0.337. The average molecular weight is 390 g/mol. The van der Waals surface area contributed by atoms with Crippen LogP contribution in [-0.4, -0.2) is 18.5 Å². The molecule has 4 aromatic rings. The Balaban J connectivity index is 1.95. The summed E-state index contributed by atoms with van der Waals surface area (Å²) in [6.45, 7) is 6.33. The van der Waals surface area contributed by atoms with Crippen molar-refractivity contribution in [1.29, 1.82) is 0 Å². The summed E-state index contributed by atoms with van der Waals surface area (Å²) in [4.78, 5) is 43.1. The zero-order chi connectivity index (χ0) is 20.8. The van der Waals surface area contributed by atoms with E-state index in [2.05, 4.69) is 4.98 Å². The molecule has 0 N–H and O–H groups in total. The van der Waals surface area contributed by atoms with Crippen molar-refractivity contribution in [1.82, 2.24) is 18.5 Å². The number of hydrogen-bond donors (Lipinski definition) is 0. The second-order valence-corrected chi connectivity index (χ2v) is 8.35. The van der Waals surface area contributed by atoms with Gasteiger partial charge in [-0.2, -0.15) is 0 Å². The van der Waals surface area contributed by atoms with Gasteiger partial charge in [-0.15, -0.1) is 0 Å². The van der Waals surface area contributed by atoms with Crippen LogP contribution in [0.2, 0.25) is 0 Å². The first-order valence-corrected chi connectivity index (χ1v) is 9.44. The zero-order valence-electron chi connectivity index (χ0n) is 16.6. The van der Waals surface area contributed by atoms with Gasteiger partial charge in [0.05, 0.1) is 23.1 Å². The number of hydrogen-bond acceptors (Lipinski definition) is 4. The van der Waals surface area contributed by atoms with Crippen molar-refractivity contribution < 1.29 is 0 Å². The van der Waals surface area contributed by atoms with Crippen molar-refractivity contribution in [2.45, 2.75) is 33.9 Å². The molecule has 0 unspecified atom stereocenters. The van der Waals surface area contributed by atoms with Gasteiger partial charge in [-0.25, -0.2) is 9.78 Å². The van der Waals surface area contributed by atoms with Crippen LogP contribution in [0.25, 0.3) is 16.6 Å². The van der Waals surface area contributed by atoms with Crippen molar-refractivity contribution in [2.75, 3.05) is 0 Å². The van der Waals surface area contributed by atoms with Gasteiger partial charge in [0, 0.05) is 18.8 Å². The van der Waals surface area contributed by atoms with Crippen LogP contribution in [0, 0.1) is 5.41 Å². The summed E-state index contributed by atoms with van der Waals surface area (Å²) in [5, 5.41) is 0.467. The van der Waals surface area contributed by atoms with Crippen LogP contribution >= 0.6 is 0 Å². The van der Waals surface area contributed by atoms with Gasteiger partial charge in [0.15, 0.2) is 0 Å². The minimum atomic E-state index is -0.404. The standard InChI is InChI=1S/C22H22N4O3/c1-22(2,3)14-26-20(28)16-8-4-5-9-17(16)25(21(26)29)13-15-12-19(27)24-11-7-6-10-18(24)23-15/h4-12H,13-14H2,1-3H3. The lowest BCUT2D eigenvalue weighted by Gasteiger charge is -2.21. The highest BCUT2D eigenvalue weighted by atomic mass is 16.2. The average Bonchev–Trinajstić information content (AvgIpc) is 2.68. The second kappa shape index (κ2) is 6.84. The number of nitrogens with zero attached hydrogens (tertiary/aromatic N) is 4. The maximum Gasteiger partial charge on any atom is 0.331 e. The Hall–Kier alpha value is -3.48. The van der Waals surface area contributed by atoms with Crippen molar-refractivity contribution in [2.24, 2.45) is 5.41 Å². The highest BCUT2D eigenvalue weighted by Crippen LogP contribution is 2.15. The first kappa shape index (κ1) is 18.9. The predicted octanol–water partition coefficient (Wildman–Crippen LogP) is 2.27. The lowest BCUT2D eigenvalue weighted by molar-refractivity contribution is 0.328. The summed E-state index contributed by atoms with van der Waals surface area (Å²) >= 11 is 0. The van der Waals surface area contributed by atoms with Crippen molar-refractivity contribution in [3.63, 3.8) is 0 Å². The fourth-order valence-electron chi connectivity index (χ4n) is 3.48. The van der Waals surface area contributed by atoms with Crippen LogP contribution in [-0.2, 0) is 13.1 Å². The van der Waals surface area contributed by atoms with Gasteiger partial charge >= 0.3 is 5.69 Å². The van der Waals surface area contributed by atoms with E-state index in [0.29, 0.717) is 28.8 Å². The molecular formula is C22H22N4O3. The number of benzene rings is 1. The molecule has 29 heavy (non-hydrogen) atoms. The van der Waals surface area contributed by atoms with E-state index in [-0.39, 0.29) is 23.1 Å². The molecule has 4 rings (SSSR count). The van der Waals surface area contributed by atoms with E-state index >= 15 is 0 Å². The molecule has 0 aliphatic heterocycles. The lowest BCUT2D eigenvalue weighted by Crippen LogP contribution is -2.43. The highest BCUT2D eigenvalue weighted by molar-refractivity contribution is 5.77. The summed E-state index contributed by atoms with van der Waals surface area (Å²) in [6.07, 6.45) is 1.65. The molecule has 3 heterocycles. The van der Waals surface area contributed by atoms with Gasteiger partial charge in [0.1, 0.15) is 5.65 Å². The predicted molar refractivity (Wildman–Crippen MR) is 112 cm³/mol. The maximum atomic E-state index is 13.2. The molecule has 7 nitrogen and oxygen atoms in total. The number of rotatable bonds is 3. The molecule has 0 saturated heterocycles. The van der Waals surface area contributed by atoms with Crippen LogP contribution < -0.4 is 16.8 Å². The molecule has 1 aromatic carbocycles. The topological polar surface area (TPSA) is 78.4 Å². The largest absolute Gasteiger partial charge is 0.331 e. The molecule has 3 aromatic heterocycles. The van der Waals surface area contributed by atoms with Crippen molar-refractivity contribution >= 4 is 16.6 Å². The summed E-state index contributed by atoms with van der Waals surface area (Å²) in [7, 11) is 0. The maximum absolute atomic E-state index is 13.2. The highest BCUT2D eigenvalue weighted by Gasteiger charge is 2.19. The van der Waals surface area contributed by atoms with Crippen molar-refractivity contribution in [3.8, 4) is 0 Å². The van der Waals surface area contributed by atoms with Gasteiger partial charge < -0.3 is 0 Å². The number of para-hydroxylation sites is 1. The van der Waals surface area contributed by atoms with Crippen LogP contribution in [0.1, 0.15) is 26.5 Å². The molecule has 0 radical (unpaired) electrons. The zero-order valence-corrected chi connectivity index (χ0v) is 16.6. The quantitative estimate of drug-likeness (QED) is 0.538. The van der Waals surface area contributed by atoms with E-state index in [1.165, 1.54) is 19.6 Å². The smallest absolute Gasteiger partial charge is 0.287 e. The number of aromatic nitrogens is 4. The minimum Gasteiger partial charge on any atom is -0.287 e. The second-order valence-electron chi connectivity index (χ2n) is 8.35. The van der Waals surface area contributed by atoms with Gasteiger partial charge in [-0.1, -0.05) is 39.0 Å². The molecule has 0 amide bonds. The molecule has 0 bridgehead atoms. The minimum absolute atomic E-state index is 0.102. The van der Waals surface area contributed by atoms with E-state index in [0.717, 1.165) is 0 Å². The Labute approximate surface area is 166 Å². The normalized spacial score (nSPS) is 12.0. The van der Waals surface area contributed by atoms with Gasteiger partial charge in [-0.05, 0) is 29.7 Å². The molecular weight excluding hydrogens is 368 g/mol. The number of pyridine rings is 1. The summed E-state index contributed by atoms with van der Waals surface area (Å²) in [6, 6.07) is 13.8. The molecule has 0 atom stereocenters. The van der Waals surface area contributed by atoms with E-state index in [9.17, 15) is 14.4 Å². The SMILES string of the molecule is CC(C)(C)Cn1c(=O)c2ccccc2n(Cc2cc(=O)n3ccccc3n2)c1=O. The Morgan fingerprint density at radius 1 is 0.931 bits per heavy atom. The van der Waals surface area contributed by atoms with Gasteiger partial charge in [0.2, 0.25) is 0 Å². The molecule has 0 aliphatic carbocycles. The summed E-state index contributed by atoms with van der Waals surface area (Å²) in [5.74, 6) is 0. The Morgan fingerprint density at radius 3 is 2.41 bits per heavy atom. The lowest BCUT2D eigenvalue weighted by atomic mass is 9.97. The molecule has 148 valence electrons. The molecule has 7 heteroatoms. The summed E-state index contributed by atoms with van der Waals surface area (Å²) < 4.78 is 4.24. The first-order chi connectivity index (χ1) is 13.7. The van der Waals surface area contributed by atoms with E-state index in [1.54, 1.807) is 48.7 Å². The van der Waals surface area contributed by atoms with Gasteiger partial charge in [0.25, 0.3) is 11.1 Å². The monoisotopic (exact) mass is 390 g/mol. The molecule has 0 fully saturated rings. The van der Waals surface area contributed by atoms with Crippen LogP contribution in [0.15, 0.2) is 69.1 Å². The van der Waals surface area contributed by atoms with E-state index in [4.69, 9.17) is 0 Å². The molecule has 0 spiro atoms. The Bertz CT molecular complexity index is 1400.